The average Bonchev–Trinajstić information content (AvgIpc) is 2.63. The topological polar surface area (TPSA) is 0 Å². The van der Waals surface area contributed by atoms with Gasteiger partial charge in [0.15, 0.2) is 0 Å². The number of allylic oxidation sites excluding steroid dienone is 4. The summed E-state index contributed by atoms with van der Waals surface area (Å²) in [4.78, 5) is 0. The number of unbranched alkanes of at least 4 members (excludes halogenated alkanes) is 8. The van der Waals surface area contributed by atoms with Crippen molar-refractivity contribution >= 4 is 7.26 Å². The van der Waals surface area contributed by atoms with Crippen LogP contribution in [0.5, 0.6) is 0 Å². The molecule has 0 aromatic carbocycles. The summed E-state index contributed by atoms with van der Waals surface area (Å²) < 4.78 is 0. The molecular weight excluding hydrogens is 319 g/mol. The van der Waals surface area contributed by atoms with Crippen molar-refractivity contribution in [2.45, 2.75) is 105 Å². The molecule has 0 saturated heterocycles. The van der Waals surface area contributed by atoms with E-state index in [0.29, 0.717) is 0 Å². The van der Waals surface area contributed by atoms with Crippen LogP contribution < -0.4 is 0 Å². The van der Waals surface area contributed by atoms with E-state index in [0.717, 1.165) is 0 Å². The van der Waals surface area contributed by atoms with E-state index in [1.54, 1.807) is 0 Å². The Labute approximate surface area is 159 Å². The molecule has 0 nitrogen and oxygen atoms in total. The molecule has 0 spiro atoms. The van der Waals surface area contributed by atoms with Gasteiger partial charge in [-0.15, -0.1) is 0 Å². The Morgan fingerprint density at radius 3 is 0.880 bits per heavy atom. The molecule has 0 amide bonds. The molecule has 0 aliphatic rings. The molecule has 0 N–H and O–H groups in total. The van der Waals surface area contributed by atoms with Crippen molar-refractivity contribution in [3.8, 4) is 0 Å². The van der Waals surface area contributed by atoms with E-state index in [1.807, 2.05) is 0 Å². The molecule has 0 aliphatic heterocycles. The van der Waals surface area contributed by atoms with Gasteiger partial charge in [0.2, 0.25) is 0 Å². The third-order valence-corrected chi connectivity index (χ3v) is 7.78. The Hall–Kier alpha value is -0.610. The maximum absolute atomic E-state index is 2.57. The molecule has 0 heterocycles. The van der Waals surface area contributed by atoms with Crippen LogP contribution in [0, 0.1) is 0 Å². The standard InChI is InChI=1S/C24H45P/c1-5-9-13-17-21-25(22-18-14-10-6-2,23-19-15-11-7-3)24-20-16-12-8-4/h17-25H,5-16H2,1-4H3. The summed E-state index contributed by atoms with van der Waals surface area (Å²) in [6.07, 6.45) is 25.0. The first-order valence-electron chi connectivity index (χ1n) is 10.9. The van der Waals surface area contributed by atoms with Gasteiger partial charge in [-0.05, 0) is 0 Å². The molecule has 0 fully saturated rings. The number of hydrogen-bond donors (Lipinski definition) is 0. The van der Waals surface area contributed by atoms with Crippen LogP contribution in [0.1, 0.15) is 105 Å². The number of hydrogen-bond acceptors (Lipinski definition) is 0. The third kappa shape index (κ3) is 14.3. The van der Waals surface area contributed by atoms with Crippen molar-refractivity contribution in [2.24, 2.45) is 0 Å². The van der Waals surface area contributed by atoms with Gasteiger partial charge >= 0.3 is 160 Å². The number of rotatable bonds is 16. The predicted molar refractivity (Wildman–Crippen MR) is 123 cm³/mol. The van der Waals surface area contributed by atoms with Gasteiger partial charge in [0.25, 0.3) is 0 Å². The van der Waals surface area contributed by atoms with Crippen LogP contribution in [-0.2, 0) is 0 Å². The molecule has 0 aromatic heterocycles. The first kappa shape index (κ1) is 24.4. The molecule has 146 valence electrons. The van der Waals surface area contributed by atoms with Crippen LogP contribution in [0.15, 0.2) is 47.6 Å². The zero-order valence-corrected chi connectivity index (χ0v) is 18.6. The molecule has 0 atom stereocenters. The van der Waals surface area contributed by atoms with Crippen LogP contribution in [0.4, 0.5) is 0 Å². The first-order valence-corrected chi connectivity index (χ1v) is 13.3. The van der Waals surface area contributed by atoms with Crippen LogP contribution in [0.3, 0.4) is 0 Å². The Morgan fingerprint density at radius 1 is 0.440 bits per heavy atom. The third-order valence-electron chi connectivity index (χ3n) is 4.52. The van der Waals surface area contributed by atoms with Gasteiger partial charge < -0.3 is 0 Å². The summed E-state index contributed by atoms with van der Waals surface area (Å²) in [6.45, 7) is 9.11. The molecule has 0 radical (unpaired) electrons. The van der Waals surface area contributed by atoms with E-state index in [1.165, 1.54) is 77.0 Å². The second kappa shape index (κ2) is 18.2. The minimum absolute atomic E-state index is 1.22. The molecule has 0 unspecified atom stereocenters. The molecule has 0 bridgehead atoms. The molecule has 0 rings (SSSR count). The zero-order valence-electron chi connectivity index (χ0n) is 17.6. The van der Waals surface area contributed by atoms with E-state index in [-0.39, 0.29) is 0 Å². The summed E-state index contributed by atoms with van der Waals surface area (Å²) >= 11 is 0. The molecule has 0 aliphatic carbocycles. The molecule has 1 heteroatoms. The van der Waals surface area contributed by atoms with Gasteiger partial charge in [-0.1, -0.05) is 0 Å². The van der Waals surface area contributed by atoms with Gasteiger partial charge in [-0.3, -0.25) is 0 Å². The van der Waals surface area contributed by atoms with Crippen LogP contribution in [-0.4, -0.2) is 0 Å². The molecule has 25 heavy (non-hydrogen) atoms. The van der Waals surface area contributed by atoms with Gasteiger partial charge in [0.1, 0.15) is 0 Å². The summed E-state index contributed by atoms with van der Waals surface area (Å²) in [5.74, 6) is 10.3. The summed E-state index contributed by atoms with van der Waals surface area (Å²) in [5.41, 5.74) is 0. The minimum atomic E-state index is -1.72. The fraction of sp³-hybridized carbons (Fsp3) is 0.667. The molecular formula is C24H45P. The second-order valence-corrected chi connectivity index (χ2v) is 10.5. The Kier molecular flexibility index (Phi) is 17.7. The van der Waals surface area contributed by atoms with Crippen LogP contribution >= 0.6 is 7.26 Å². The fourth-order valence-electron chi connectivity index (χ4n) is 2.77. The van der Waals surface area contributed by atoms with Gasteiger partial charge in [-0.25, -0.2) is 0 Å². The Balaban J connectivity index is 5.26. The Bertz CT molecular complexity index is 309. The van der Waals surface area contributed by atoms with E-state index < -0.39 is 7.26 Å². The van der Waals surface area contributed by atoms with Crippen molar-refractivity contribution in [3.63, 3.8) is 0 Å². The second-order valence-electron chi connectivity index (χ2n) is 7.18. The van der Waals surface area contributed by atoms with E-state index in [9.17, 15) is 0 Å². The average molecular weight is 365 g/mol. The fourth-order valence-corrected chi connectivity index (χ4v) is 5.74. The van der Waals surface area contributed by atoms with Crippen LogP contribution in [0.2, 0.25) is 0 Å². The monoisotopic (exact) mass is 364 g/mol. The van der Waals surface area contributed by atoms with Gasteiger partial charge in [-0.2, -0.15) is 0 Å². The summed E-state index contributed by atoms with van der Waals surface area (Å²) in [6, 6.07) is 0. The van der Waals surface area contributed by atoms with Crippen LogP contribution in [0.25, 0.3) is 0 Å². The van der Waals surface area contributed by atoms with E-state index >= 15 is 0 Å². The van der Waals surface area contributed by atoms with Gasteiger partial charge in [0, 0.05) is 0 Å². The van der Waals surface area contributed by atoms with Crippen molar-refractivity contribution in [1.82, 2.24) is 0 Å². The van der Waals surface area contributed by atoms with E-state index in [4.69, 9.17) is 0 Å². The van der Waals surface area contributed by atoms with Crippen molar-refractivity contribution in [3.05, 3.63) is 47.6 Å². The molecule has 0 aromatic rings. The Morgan fingerprint density at radius 2 is 0.680 bits per heavy atom. The van der Waals surface area contributed by atoms with Crippen molar-refractivity contribution in [2.75, 3.05) is 0 Å². The first-order chi connectivity index (χ1) is 12.2. The summed E-state index contributed by atoms with van der Waals surface area (Å²) in [5, 5.41) is 0. The quantitative estimate of drug-likeness (QED) is 0.189. The maximum atomic E-state index is 2.57. The predicted octanol–water partition coefficient (Wildman–Crippen LogP) is 9.55. The normalized spacial score (nSPS) is 13.9. The van der Waals surface area contributed by atoms with E-state index in [2.05, 4.69) is 75.3 Å². The van der Waals surface area contributed by atoms with Gasteiger partial charge in [0.05, 0.1) is 0 Å². The van der Waals surface area contributed by atoms with Crippen molar-refractivity contribution in [1.29, 1.82) is 0 Å². The summed E-state index contributed by atoms with van der Waals surface area (Å²) in [7, 11) is -1.72. The zero-order chi connectivity index (χ0) is 18.6. The molecule has 0 saturated carbocycles. The SMILES string of the molecule is CCCCC=C[PH](C=CCCCC)(C=CCCCC)C=CCCCC. The van der Waals surface area contributed by atoms with Crippen molar-refractivity contribution < 1.29 is 0 Å².